The molecule has 3 unspecified atom stereocenters. The summed E-state index contributed by atoms with van der Waals surface area (Å²) in [5, 5.41) is 13.9. The molecule has 1 amide bonds. The van der Waals surface area contributed by atoms with Crippen LogP contribution in [-0.2, 0) is 18.4 Å². The van der Waals surface area contributed by atoms with E-state index in [2.05, 4.69) is 55.6 Å². The lowest BCUT2D eigenvalue weighted by Gasteiger charge is -2.29. The summed E-state index contributed by atoms with van der Waals surface area (Å²) in [4.78, 5) is 25.5. The zero-order chi connectivity index (χ0) is 51.3. The lowest BCUT2D eigenvalue weighted by molar-refractivity contribution is -0.870. The Morgan fingerprint density at radius 2 is 0.800 bits per heavy atom. The van der Waals surface area contributed by atoms with Gasteiger partial charge >= 0.3 is 0 Å². The maximum absolute atomic E-state index is 13.0. The van der Waals surface area contributed by atoms with Crippen LogP contribution in [0.3, 0.4) is 0 Å². The zero-order valence-electron chi connectivity index (χ0n) is 47.0. The van der Waals surface area contributed by atoms with Crippen LogP contribution >= 0.6 is 7.82 Å². The van der Waals surface area contributed by atoms with Crippen LogP contribution in [-0.4, -0.2) is 68.5 Å². The summed E-state index contributed by atoms with van der Waals surface area (Å²) < 4.78 is 23.3. The number of phosphoric acid groups is 1. The molecule has 0 aliphatic carbocycles. The molecule has 0 saturated heterocycles. The summed E-state index contributed by atoms with van der Waals surface area (Å²) in [5.41, 5.74) is 0. The van der Waals surface area contributed by atoms with Crippen molar-refractivity contribution >= 4 is 13.7 Å². The highest BCUT2D eigenvalue weighted by Gasteiger charge is 2.23. The molecule has 0 aromatic rings. The van der Waals surface area contributed by atoms with Gasteiger partial charge in [-0.1, -0.05) is 255 Å². The van der Waals surface area contributed by atoms with E-state index >= 15 is 0 Å². The first-order chi connectivity index (χ1) is 34.0. The van der Waals surface area contributed by atoms with Gasteiger partial charge in [0.2, 0.25) is 5.91 Å². The summed E-state index contributed by atoms with van der Waals surface area (Å²) in [7, 11) is 1.24. The van der Waals surface area contributed by atoms with E-state index in [-0.39, 0.29) is 12.5 Å². The van der Waals surface area contributed by atoms with Crippen LogP contribution in [0.4, 0.5) is 0 Å². The Morgan fingerprint density at radius 1 is 0.486 bits per heavy atom. The Balaban J connectivity index is 4.15. The number of hydrogen-bond acceptors (Lipinski definition) is 6. The summed E-state index contributed by atoms with van der Waals surface area (Å²) >= 11 is 0. The van der Waals surface area contributed by atoms with Crippen LogP contribution in [0.15, 0.2) is 48.6 Å². The monoisotopic (exact) mass is 1000 g/mol. The molecule has 0 bridgehead atoms. The topological polar surface area (TPSA) is 108 Å². The van der Waals surface area contributed by atoms with Crippen LogP contribution in [0.1, 0.15) is 284 Å². The van der Waals surface area contributed by atoms with Crippen molar-refractivity contribution < 1.29 is 32.9 Å². The number of allylic oxidation sites excluding steroid dienone is 7. The van der Waals surface area contributed by atoms with Gasteiger partial charge in [-0.05, 0) is 70.6 Å². The van der Waals surface area contributed by atoms with Gasteiger partial charge in [0.1, 0.15) is 13.2 Å². The predicted octanol–water partition coefficient (Wildman–Crippen LogP) is 17.7. The number of carbonyl (C=O) groups excluding carboxylic acids is 1. The molecule has 0 aromatic heterocycles. The van der Waals surface area contributed by atoms with Gasteiger partial charge in [-0.3, -0.25) is 9.36 Å². The van der Waals surface area contributed by atoms with Gasteiger partial charge in [0.05, 0.1) is 39.9 Å². The van der Waals surface area contributed by atoms with Crippen molar-refractivity contribution in [1.82, 2.24) is 5.32 Å². The van der Waals surface area contributed by atoms with Gasteiger partial charge in [-0.2, -0.15) is 0 Å². The number of phosphoric ester groups is 1. The summed E-state index contributed by atoms with van der Waals surface area (Å²) in [6.07, 6.45) is 69.2. The second kappa shape index (κ2) is 52.3. The lowest BCUT2D eigenvalue weighted by Crippen LogP contribution is -2.45. The van der Waals surface area contributed by atoms with Gasteiger partial charge in [0.25, 0.3) is 7.82 Å². The summed E-state index contributed by atoms with van der Waals surface area (Å²) in [5.74, 6) is -0.209. The Bertz CT molecular complexity index is 1280. The van der Waals surface area contributed by atoms with E-state index < -0.39 is 26.6 Å². The standard InChI is InChI=1S/C61H117N2O6P/c1-6-8-10-12-14-16-18-20-22-24-26-27-28-29-30-31-32-33-34-35-36-37-39-41-43-45-47-49-51-53-55-61(65)62-59(58-69-70(66,67)68-57-56-63(3,4)5)60(64)54-52-50-48-46-44-42-40-38-25-23-21-19-17-15-13-11-9-7-2/h25,29-30,38,44,46,52,54,59-60,64H,6-24,26-28,31-37,39-43,45,47-51,53,55-58H2,1-5H3,(H-,62,65,66,67)/b30-29-,38-25+,46-44+,54-52+. The third kappa shape index (κ3) is 54.2. The second-order valence-corrected chi connectivity index (χ2v) is 23.1. The minimum absolute atomic E-state index is 0.00892. The van der Waals surface area contributed by atoms with Crippen LogP contribution in [0.2, 0.25) is 0 Å². The molecule has 0 aliphatic heterocycles. The number of carbonyl (C=O) groups is 1. The first-order valence-electron chi connectivity index (χ1n) is 30.0. The molecule has 8 nitrogen and oxygen atoms in total. The Labute approximate surface area is 435 Å². The minimum Gasteiger partial charge on any atom is -0.756 e. The maximum Gasteiger partial charge on any atom is 0.268 e. The Morgan fingerprint density at radius 3 is 1.16 bits per heavy atom. The Kier molecular flexibility index (Phi) is 51.2. The molecule has 2 N–H and O–H groups in total. The van der Waals surface area contributed by atoms with Crippen molar-refractivity contribution in [3.05, 3.63) is 48.6 Å². The van der Waals surface area contributed by atoms with Crippen LogP contribution < -0.4 is 10.2 Å². The minimum atomic E-state index is -4.61. The van der Waals surface area contributed by atoms with Gasteiger partial charge in [0, 0.05) is 6.42 Å². The van der Waals surface area contributed by atoms with E-state index in [4.69, 9.17) is 9.05 Å². The van der Waals surface area contributed by atoms with Gasteiger partial charge < -0.3 is 28.8 Å². The van der Waals surface area contributed by atoms with Crippen molar-refractivity contribution in [2.24, 2.45) is 0 Å². The van der Waals surface area contributed by atoms with E-state index in [1.807, 2.05) is 27.2 Å². The number of amides is 1. The molecule has 0 spiro atoms. The normalized spacial score (nSPS) is 14.2. The molecule has 0 radical (unpaired) electrons. The van der Waals surface area contributed by atoms with E-state index in [1.165, 1.54) is 218 Å². The van der Waals surface area contributed by atoms with E-state index in [9.17, 15) is 19.4 Å². The quantitative estimate of drug-likeness (QED) is 0.0272. The fraction of sp³-hybridized carbons (Fsp3) is 0.852. The summed E-state index contributed by atoms with van der Waals surface area (Å²) in [6.45, 7) is 4.64. The Hall–Kier alpha value is -1.54. The predicted molar refractivity (Wildman–Crippen MR) is 302 cm³/mol. The first kappa shape index (κ1) is 68.5. The molecule has 0 heterocycles. The number of hydrogen-bond donors (Lipinski definition) is 2. The fourth-order valence-electron chi connectivity index (χ4n) is 8.77. The number of quaternary nitrogens is 1. The van der Waals surface area contributed by atoms with Gasteiger partial charge in [-0.15, -0.1) is 0 Å². The van der Waals surface area contributed by atoms with Gasteiger partial charge in [0.15, 0.2) is 0 Å². The molecule has 0 aromatic carbocycles. The number of nitrogens with one attached hydrogen (secondary N) is 1. The SMILES string of the molecule is CCCCCCCCCC/C=C/CC/C=C/CC/C=C/C(O)C(COP(=O)([O-])OCC[N+](C)(C)C)NC(=O)CCCCCCCCCCCCCCCC/C=C\CCCCCCCCCCCCCC. The van der Waals surface area contributed by atoms with E-state index in [0.29, 0.717) is 17.4 Å². The molecule has 3 atom stereocenters. The number of rotatable bonds is 55. The molecule has 0 fully saturated rings. The molecule has 0 rings (SSSR count). The number of likely N-dealkylation sites (N-methyl/N-ethyl adjacent to an activating group) is 1. The third-order valence-electron chi connectivity index (χ3n) is 13.5. The second-order valence-electron chi connectivity index (χ2n) is 21.7. The number of unbranched alkanes of at least 4 members (excludes halogenated alkanes) is 36. The molecule has 0 saturated carbocycles. The van der Waals surface area contributed by atoms with E-state index in [1.54, 1.807) is 6.08 Å². The number of nitrogens with zero attached hydrogens (tertiary/aromatic N) is 1. The van der Waals surface area contributed by atoms with Crippen LogP contribution in [0.25, 0.3) is 0 Å². The first-order valence-corrected chi connectivity index (χ1v) is 31.5. The van der Waals surface area contributed by atoms with Gasteiger partial charge in [-0.25, -0.2) is 0 Å². The molecule has 9 heteroatoms. The van der Waals surface area contributed by atoms with Crippen molar-refractivity contribution in [2.75, 3.05) is 40.9 Å². The maximum atomic E-state index is 13.0. The molecule has 0 aliphatic rings. The van der Waals surface area contributed by atoms with Crippen molar-refractivity contribution in [3.63, 3.8) is 0 Å². The third-order valence-corrected chi connectivity index (χ3v) is 14.5. The van der Waals surface area contributed by atoms with Crippen molar-refractivity contribution in [1.29, 1.82) is 0 Å². The van der Waals surface area contributed by atoms with Crippen molar-refractivity contribution in [2.45, 2.75) is 296 Å². The molecule has 412 valence electrons. The largest absolute Gasteiger partial charge is 0.756 e. The highest BCUT2D eigenvalue weighted by Crippen LogP contribution is 2.38. The highest BCUT2D eigenvalue weighted by molar-refractivity contribution is 7.45. The zero-order valence-corrected chi connectivity index (χ0v) is 47.9. The lowest BCUT2D eigenvalue weighted by atomic mass is 10.0. The molecular formula is C61H117N2O6P. The smallest absolute Gasteiger partial charge is 0.268 e. The molecule has 70 heavy (non-hydrogen) atoms. The van der Waals surface area contributed by atoms with E-state index in [0.717, 1.165) is 44.9 Å². The fourth-order valence-corrected chi connectivity index (χ4v) is 9.49. The van der Waals surface area contributed by atoms with Crippen molar-refractivity contribution in [3.8, 4) is 0 Å². The molecular weight excluding hydrogens is 888 g/mol. The highest BCUT2D eigenvalue weighted by atomic mass is 31.2. The number of aliphatic hydroxyl groups excluding tert-OH is 1. The summed E-state index contributed by atoms with van der Waals surface area (Å²) in [6, 6.07) is -0.910. The average molecular weight is 1010 g/mol. The number of aliphatic hydroxyl groups is 1. The van der Waals surface area contributed by atoms with Crippen LogP contribution in [0, 0.1) is 0 Å². The van der Waals surface area contributed by atoms with Crippen LogP contribution in [0.5, 0.6) is 0 Å². The average Bonchev–Trinajstić information content (AvgIpc) is 3.32.